The lowest BCUT2D eigenvalue weighted by Gasteiger charge is -2.18. The van der Waals surface area contributed by atoms with Crippen LogP contribution < -0.4 is 0 Å². The number of benzene rings is 1. The SMILES string of the molecule is Cc1cc(C)n2c(SCC(=O)N(C)Cc3c(F)cccc3Cl)nnc2n1. The summed E-state index contributed by atoms with van der Waals surface area (Å²) in [7, 11) is 1.61. The molecule has 0 bridgehead atoms. The third kappa shape index (κ3) is 3.81. The summed E-state index contributed by atoms with van der Waals surface area (Å²) in [6, 6.07) is 6.39. The van der Waals surface area contributed by atoms with E-state index in [1.165, 1.54) is 28.8 Å². The highest BCUT2D eigenvalue weighted by molar-refractivity contribution is 7.99. The van der Waals surface area contributed by atoms with Gasteiger partial charge in [0.25, 0.3) is 5.78 Å². The molecule has 0 aliphatic heterocycles. The Hall–Kier alpha value is -2.19. The Balaban J connectivity index is 1.69. The average Bonchev–Trinajstić information content (AvgIpc) is 2.99. The zero-order valence-electron chi connectivity index (χ0n) is 14.5. The summed E-state index contributed by atoms with van der Waals surface area (Å²) in [5.41, 5.74) is 2.11. The first kappa shape index (κ1) is 18.6. The summed E-state index contributed by atoms with van der Waals surface area (Å²) >= 11 is 7.28. The molecule has 0 spiro atoms. The summed E-state index contributed by atoms with van der Waals surface area (Å²) in [4.78, 5) is 18.2. The second-order valence-corrected chi connectivity index (χ2v) is 7.25. The molecule has 2 aromatic heterocycles. The molecule has 0 atom stereocenters. The van der Waals surface area contributed by atoms with Gasteiger partial charge in [-0.2, -0.15) is 0 Å². The van der Waals surface area contributed by atoms with Crippen molar-refractivity contribution in [3.63, 3.8) is 0 Å². The number of carbonyl (C=O) groups excluding carboxylic acids is 1. The molecule has 26 heavy (non-hydrogen) atoms. The van der Waals surface area contributed by atoms with Gasteiger partial charge >= 0.3 is 0 Å². The molecule has 136 valence electrons. The van der Waals surface area contributed by atoms with Crippen molar-refractivity contribution < 1.29 is 9.18 Å². The number of rotatable bonds is 5. The van der Waals surface area contributed by atoms with Crippen LogP contribution in [0.2, 0.25) is 5.02 Å². The molecular weight excluding hydrogens is 377 g/mol. The quantitative estimate of drug-likeness (QED) is 0.622. The summed E-state index contributed by atoms with van der Waals surface area (Å²) in [5, 5.41) is 9.04. The van der Waals surface area contributed by atoms with E-state index in [1.807, 2.05) is 19.9 Å². The topological polar surface area (TPSA) is 63.4 Å². The Morgan fingerprint density at radius 1 is 1.35 bits per heavy atom. The fourth-order valence-corrected chi connectivity index (χ4v) is 3.69. The zero-order chi connectivity index (χ0) is 18.8. The van der Waals surface area contributed by atoms with E-state index in [-0.39, 0.29) is 18.2 Å². The monoisotopic (exact) mass is 393 g/mol. The molecule has 0 saturated carbocycles. The molecule has 0 aliphatic carbocycles. The molecule has 0 fully saturated rings. The molecular formula is C17H17ClFN5OS. The molecule has 9 heteroatoms. The lowest BCUT2D eigenvalue weighted by atomic mass is 10.2. The maximum absolute atomic E-state index is 13.9. The van der Waals surface area contributed by atoms with Crippen LogP contribution in [0.4, 0.5) is 4.39 Å². The first-order chi connectivity index (χ1) is 12.4. The van der Waals surface area contributed by atoms with Crippen molar-refractivity contribution in [1.29, 1.82) is 0 Å². The third-order valence-corrected chi connectivity index (χ3v) is 5.14. The summed E-state index contributed by atoms with van der Waals surface area (Å²) in [6.45, 7) is 3.93. The fourth-order valence-electron chi connectivity index (χ4n) is 2.54. The molecule has 0 radical (unpaired) electrons. The number of carbonyl (C=O) groups is 1. The number of halogens is 2. The van der Waals surface area contributed by atoms with Gasteiger partial charge in [0.05, 0.1) is 5.75 Å². The van der Waals surface area contributed by atoms with Crippen LogP contribution in [-0.4, -0.2) is 43.2 Å². The van der Waals surface area contributed by atoms with Gasteiger partial charge in [-0.05, 0) is 32.0 Å². The average molecular weight is 394 g/mol. The molecule has 3 rings (SSSR count). The lowest BCUT2D eigenvalue weighted by Crippen LogP contribution is -2.28. The van der Waals surface area contributed by atoms with Crippen LogP contribution in [0.25, 0.3) is 5.78 Å². The van der Waals surface area contributed by atoms with Crippen molar-refractivity contribution in [3.05, 3.63) is 52.1 Å². The smallest absolute Gasteiger partial charge is 0.256 e. The van der Waals surface area contributed by atoms with E-state index in [0.29, 0.717) is 21.5 Å². The molecule has 0 saturated heterocycles. The minimum Gasteiger partial charge on any atom is -0.341 e. The minimum atomic E-state index is -0.426. The van der Waals surface area contributed by atoms with E-state index in [1.54, 1.807) is 17.5 Å². The van der Waals surface area contributed by atoms with Gasteiger partial charge in [0.2, 0.25) is 5.91 Å². The van der Waals surface area contributed by atoms with Crippen molar-refractivity contribution in [3.8, 4) is 0 Å². The Morgan fingerprint density at radius 2 is 2.12 bits per heavy atom. The molecule has 1 aromatic carbocycles. The van der Waals surface area contributed by atoms with Crippen LogP contribution in [0, 0.1) is 19.7 Å². The van der Waals surface area contributed by atoms with Crippen LogP contribution in [-0.2, 0) is 11.3 Å². The number of amides is 1. The third-order valence-electron chi connectivity index (χ3n) is 3.87. The first-order valence-corrected chi connectivity index (χ1v) is 9.22. The van der Waals surface area contributed by atoms with Crippen molar-refractivity contribution in [2.24, 2.45) is 0 Å². The number of thioether (sulfide) groups is 1. The van der Waals surface area contributed by atoms with Crippen LogP contribution in [0.1, 0.15) is 17.0 Å². The van der Waals surface area contributed by atoms with Crippen molar-refractivity contribution in [2.75, 3.05) is 12.8 Å². The molecule has 2 heterocycles. The van der Waals surface area contributed by atoms with Crippen molar-refractivity contribution in [1.82, 2.24) is 24.5 Å². The van der Waals surface area contributed by atoms with Gasteiger partial charge in [-0.25, -0.2) is 9.37 Å². The molecule has 0 aliphatic rings. The first-order valence-electron chi connectivity index (χ1n) is 7.86. The predicted octanol–water partition coefficient (Wildman–Crippen LogP) is 3.28. The highest BCUT2D eigenvalue weighted by Gasteiger charge is 2.17. The van der Waals surface area contributed by atoms with E-state index in [2.05, 4.69) is 15.2 Å². The number of aromatic nitrogens is 4. The van der Waals surface area contributed by atoms with Crippen LogP contribution in [0.5, 0.6) is 0 Å². The normalized spacial score (nSPS) is 11.1. The summed E-state index contributed by atoms with van der Waals surface area (Å²) in [5.74, 6) is 0.0644. The second-order valence-electron chi connectivity index (χ2n) is 5.90. The van der Waals surface area contributed by atoms with Gasteiger partial charge in [0.1, 0.15) is 5.82 Å². The summed E-state index contributed by atoms with van der Waals surface area (Å²) < 4.78 is 15.7. The molecule has 6 nitrogen and oxygen atoms in total. The Labute approximate surface area is 159 Å². The van der Waals surface area contributed by atoms with E-state index in [4.69, 9.17) is 11.6 Å². The van der Waals surface area contributed by atoms with Crippen LogP contribution >= 0.6 is 23.4 Å². The summed E-state index contributed by atoms with van der Waals surface area (Å²) in [6.07, 6.45) is 0. The van der Waals surface area contributed by atoms with Gasteiger partial charge in [-0.15, -0.1) is 10.2 Å². The second kappa shape index (κ2) is 7.59. The lowest BCUT2D eigenvalue weighted by molar-refractivity contribution is -0.127. The van der Waals surface area contributed by atoms with Crippen molar-refractivity contribution >= 4 is 35.0 Å². The maximum atomic E-state index is 13.9. The number of aryl methyl sites for hydroxylation is 2. The van der Waals surface area contributed by atoms with E-state index < -0.39 is 5.82 Å². The van der Waals surface area contributed by atoms with E-state index in [9.17, 15) is 9.18 Å². The van der Waals surface area contributed by atoms with Gasteiger partial charge in [-0.1, -0.05) is 29.4 Å². The standard InChI is InChI=1S/C17H17ClFN5OS/c1-10-7-11(2)24-16(20-10)21-22-17(24)26-9-15(25)23(3)8-12-13(18)5-4-6-14(12)19/h4-7H,8-9H2,1-3H3. The van der Waals surface area contributed by atoms with Crippen molar-refractivity contribution in [2.45, 2.75) is 25.5 Å². The van der Waals surface area contributed by atoms with E-state index >= 15 is 0 Å². The number of hydrogen-bond donors (Lipinski definition) is 0. The predicted molar refractivity (Wildman–Crippen MR) is 98.9 cm³/mol. The van der Waals surface area contributed by atoms with Gasteiger partial charge in [0.15, 0.2) is 5.16 Å². The minimum absolute atomic E-state index is 0.102. The maximum Gasteiger partial charge on any atom is 0.256 e. The Morgan fingerprint density at radius 3 is 2.85 bits per heavy atom. The van der Waals surface area contributed by atoms with Gasteiger partial charge in [0, 0.05) is 35.6 Å². The van der Waals surface area contributed by atoms with Gasteiger partial charge < -0.3 is 4.90 Å². The molecule has 0 N–H and O–H groups in total. The highest BCUT2D eigenvalue weighted by atomic mass is 35.5. The largest absolute Gasteiger partial charge is 0.341 e. The molecule has 0 unspecified atom stereocenters. The molecule has 1 amide bonds. The highest BCUT2D eigenvalue weighted by Crippen LogP contribution is 2.22. The van der Waals surface area contributed by atoms with Gasteiger partial charge in [-0.3, -0.25) is 9.20 Å². The Kier molecular flexibility index (Phi) is 5.43. The number of nitrogens with zero attached hydrogens (tertiary/aromatic N) is 5. The molecule has 3 aromatic rings. The Bertz CT molecular complexity index is 957. The van der Waals surface area contributed by atoms with Crippen LogP contribution in [0.15, 0.2) is 29.4 Å². The zero-order valence-corrected chi connectivity index (χ0v) is 16.1. The fraction of sp³-hybridized carbons (Fsp3) is 0.294. The number of hydrogen-bond acceptors (Lipinski definition) is 5. The van der Waals surface area contributed by atoms with Crippen LogP contribution in [0.3, 0.4) is 0 Å². The van der Waals surface area contributed by atoms with E-state index in [0.717, 1.165) is 11.4 Å². The number of fused-ring (bicyclic) bond motifs is 1.